The fourth-order valence-electron chi connectivity index (χ4n) is 2.98. The van der Waals surface area contributed by atoms with Crippen LogP contribution in [0.25, 0.3) is 0 Å². The van der Waals surface area contributed by atoms with Crippen LogP contribution in [0.5, 0.6) is 0 Å². The molecule has 25 heteroatoms. The molecule has 21 nitrogen and oxygen atoms in total. The molecular formula is C11H17O21P4-9. The molecule has 1 rings (SSSR count). The van der Waals surface area contributed by atoms with Gasteiger partial charge >= 0.3 is 0 Å². The molecule has 36 heavy (non-hydrogen) atoms. The highest BCUT2D eigenvalue weighted by Gasteiger charge is 2.55. The van der Waals surface area contributed by atoms with Gasteiger partial charge in [0, 0.05) is 7.11 Å². The summed E-state index contributed by atoms with van der Waals surface area (Å²) < 4.78 is 75.7. The van der Waals surface area contributed by atoms with E-state index in [9.17, 15) is 62.7 Å². The van der Waals surface area contributed by atoms with E-state index in [4.69, 9.17) is 9.47 Å². The third kappa shape index (κ3) is 12.9. The van der Waals surface area contributed by atoms with Crippen LogP contribution in [0, 0.1) is 0 Å². The van der Waals surface area contributed by atoms with Gasteiger partial charge in [-0.25, -0.2) is 0 Å². The first kappa shape index (κ1) is 34.3. The lowest BCUT2D eigenvalue weighted by Gasteiger charge is -2.55. The van der Waals surface area contributed by atoms with Crippen LogP contribution in [-0.2, 0) is 55.5 Å². The Kier molecular flexibility index (Phi) is 13.4. The van der Waals surface area contributed by atoms with Crippen molar-refractivity contribution in [2.75, 3.05) is 33.5 Å². The summed E-state index contributed by atoms with van der Waals surface area (Å²) in [6.45, 7) is -1.20. The second kappa shape index (κ2) is 14.0. The van der Waals surface area contributed by atoms with E-state index in [2.05, 4.69) is 27.7 Å². The van der Waals surface area contributed by atoms with Crippen molar-refractivity contribution in [3.63, 3.8) is 0 Å². The van der Waals surface area contributed by atoms with Crippen molar-refractivity contribution in [2.24, 2.45) is 0 Å². The molecule has 1 saturated carbocycles. The zero-order valence-electron chi connectivity index (χ0n) is 17.7. The summed E-state index contributed by atoms with van der Waals surface area (Å²) in [5, 5.41) is 11.3. The third-order valence-corrected chi connectivity index (χ3v) is 6.03. The zero-order chi connectivity index (χ0) is 27.9. The molecule has 1 aliphatic carbocycles. The number of ether oxygens (including phenoxy) is 3. The second-order valence-electron chi connectivity index (χ2n) is 6.57. The van der Waals surface area contributed by atoms with Crippen LogP contribution < -0.4 is 44.4 Å². The van der Waals surface area contributed by atoms with E-state index in [0.717, 1.165) is 0 Å². The number of methoxy groups -OCH3 is 1. The van der Waals surface area contributed by atoms with Crippen LogP contribution in [0.3, 0.4) is 0 Å². The first-order valence-corrected chi connectivity index (χ1v) is 14.9. The maximum atomic E-state index is 11.3. The summed E-state index contributed by atoms with van der Waals surface area (Å²) in [7, 11) is -23.8. The number of hydrogen-bond acceptors (Lipinski definition) is 21. The molecule has 216 valence electrons. The summed E-state index contributed by atoms with van der Waals surface area (Å²) in [5.74, 6) is 0. The molecule has 0 aromatic rings. The Labute approximate surface area is 202 Å². The number of hydrogen-bond donors (Lipinski definition) is 0. The van der Waals surface area contributed by atoms with Crippen molar-refractivity contribution in [3.8, 4) is 0 Å². The minimum Gasteiger partial charge on any atom is -0.790 e. The lowest BCUT2D eigenvalue weighted by Crippen LogP contribution is -2.68. The molecule has 0 aliphatic heterocycles. The number of phosphoric acid groups is 4. The zero-order valence-corrected chi connectivity index (χ0v) is 21.2. The van der Waals surface area contributed by atoms with Crippen molar-refractivity contribution < 1.29 is 99.9 Å². The maximum Gasteiger partial charge on any atom is 0.121 e. The first-order valence-electron chi connectivity index (χ1n) is 9.07. The molecule has 0 radical (unpaired) electrons. The van der Waals surface area contributed by atoms with Gasteiger partial charge in [0.25, 0.3) is 0 Å². The highest BCUT2D eigenvalue weighted by molar-refractivity contribution is 7.44. The summed E-state index contributed by atoms with van der Waals surface area (Å²) in [4.78, 5) is 93.3. The Morgan fingerprint density at radius 3 is 1.17 bits per heavy atom. The Morgan fingerprint density at radius 1 is 0.528 bits per heavy atom. The van der Waals surface area contributed by atoms with Gasteiger partial charge in [0.1, 0.15) is 36.6 Å². The standard InChI is InChI=1S/C11H26O21P4/c1-25-2-3-26-4-5-27-6-8(29-33(13,14)15)10(31-35(19,20)21)7(28-12)11(32-36(22,23)24)9(6)30-34(16,17)18/h6-12H,2-5H2,1H3,(H2,13,14,15)(H2,16,17,18)(H2,19,20,21)(H2,22,23,24)/p-9/t6?,7?,8-,9?,10?,11-/m1/s1. The van der Waals surface area contributed by atoms with Gasteiger partial charge in [-0.15, -0.1) is 0 Å². The number of phosphoric ester groups is 4. The topological polar surface area (TPSA) is 350 Å². The summed E-state index contributed by atoms with van der Waals surface area (Å²) in [5.41, 5.74) is 0. The second-order valence-corrected chi connectivity index (χ2v) is 11.0. The van der Waals surface area contributed by atoms with E-state index >= 15 is 0 Å². The fourth-order valence-corrected chi connectivity index (χ4v) is 5.14. The lowest BCUT2D eigenvalue weighted by molar-refractivity contribution is -0.710. The smallest absolute Gasteiger partial charge is 0.121 e. The van der Waals surface area contributed by atoms with Crippen LogP contribution >= 0.6 is 31.3 Å². The van der Waals surface area contributed by atoms with Crippen LogP contribution in [-0.4, -0.2) is 70.2 Å². The maximum absolute atomic E-state index is 11.3. The van der Waals surface area contributed by atoms with Crippen LogP contribution in [0.4, 0.5) is 0 Å². The van der Waals surface area contributed by atoms with Gasteiger partial charge in [0.15, 0.2) is 0 Å². The van der Waals surface area contributed by atoms with E-state index in [0.29, 0.717) is 0 Å². The van der Waals surface area contributed by atoms with Gasteiger partial charge in [0.05, 0.1) is 57.7 Å². The molecule has 6 atom stereocenters. The molecular weight excluding hydrogens is 592 g/mol. The van der Waals surface area contributed by atoms with Gasteiger partial charge in [0.2, 0.25) is 0 Å². The molecule has 1 fully saturated rings. The van der Waals surface area contributed by atoms with Gasteiger partial charge < -0.3 is 99.9 Å². The molecule has 0 spiro atoms. The van der Waals surface area contributed by atoms with Crippen molar-refractivity contribution in [3.05, 3.63) is 0 Å². The fraction of sp³-hybridized carbons (Fsp3) is 1.00. The van der Waals surface area contributed by atoms with Gasteiger partial charge in [-0.05, 0) is 0 Å². The van der Waals surface area contributed by atoms with Crippen molar-refractivity contribution in [1.29, 1.82) is 0 Å². The lowest BCUT2D eigenvalue weighted by atomic mass is 9.85. The predicted octanol–water partition coefficient (Wildman–Crippen LogP) is -8.44. The van der Waals surface area contributed by atoms with Crippen LogP contribution in [0.15, 0.2) is 0 Å². The molecule has 0 bridgehead atoms. The Balaban J connectivity index is 3.59. The van der Waals surface area contributed by atoms with Gasteiger partial charge in [-0.1, -0.05) is 0 Å². The molecule has 0 N–H and O–H groups in total. The molecule has 4 unspecified atom stereocenters. The van der Waals surface area contributed by atoms with Crippen molar-refractivity contribution >= 4 is 31.3 Å². The summed E-state index contributed by atoms with van der Waals surface area (Å²) in [6.07, 6.45) is -17.0. The molecule has 0 aromatic heterocycles. The molecule has 0 aromatic carbocycles. The van der Waals surface area contributed by atoms with E-state index in [1.807, 2.05) is 0 Å². The highest BCUT2D eigenvalue weighted by atomic mass is 31.2. The normalized spacial score (nSPS) is 28.4. The largest absolute Gasteiger partial charge is 0.790 e. The Hall–Kier alpha value is 0.240. The molecule has 0 saturated heterocycles. The average Bonchev–Trinajstić information content (AvgIpc) is 2.65. The van der Waals surface area contributed by atoms with E-state index in [1.165, 1.54) is 7.11 Å². The Bertz CT molecular complexity index is 798. The summed E-state index contributed by atoms with van der Waals surface area (Å²) >= 11 is 0. The molecule has 1 aliphatic rings. The SMILES string of the molecule is COCCOCCOC1C(OP(=O)([O-])[O-])[C@H](OP(=O)([O-])[O-])C(O[O-])C(OP(=O)([O-])[O-])[C@@H]1OP(=O)([O-])[O-]. The van der Waals surface area contributed by atoms with E-state index in [1.54, 1.807) is 0 Å². The third-order valence-electron chi connectivity index (χ3n) is 4.03. The van der Waals surface area contributed by atoms with E-state index < -0.39 is 81.1 Å². The molecule has 0 amide bonds. The van der Waals surface area contributed by atoms with Crippen LogP contribution in [0.2, 0.25) is 0 Å². The van der Waals surface area contributed by atoms with Crippen molar-refractivity contribution in [2.45, 2.75) is 36.6 Å². The van der Waals surface area contributed by atoms with E-state index in [-0.39, 0.29) is 13.2 Å². The Morgan fingerprint density at radius 2 is 0.861 bits per heavy atom. The quantitative estimate of drug-likeness (QED) is 0.0678. The van der Waals surface area contributed by atoms with Crippen molar-refractivity contribution in [1.82, 2.24) is 0 Å². The number of rotatable bonds is 16. The van der Waals surface area contributed by atoms with Crippen LogP contribution in [0.1, 0.15) is 0 Å². The average molecular weight is 609 g/mol. The van der Waals surface area contributed by atoms with Gasteiger partial charge in [-0.2, -0.15) is 0 Å². The minimum absolute atomic E-state index is 0.0604. The predicted molar refractivity (Wildman–Crippen MR) is 87.2 cm³/mol. The highest BCUT2D eigenvalue weighted by Crippen LogP contribution is 2.47. The molecule has 0 heterocycles. The monoisotopic (exact) mass is 609 g/mol. The van der Waals surface area contributed by atoms with Gasteiger partial charge in [-0.3, -0.25) is 0 Å². The summed E-state index contributed by atoms with van der Waals surface area (Å²) in [6, 6.07) is 0. The first-order chi connectivity index (χ1) is 16.3. The minimum atomic E-state index is -6.28.